The van der Waals surface area contributed by atoms with Gasteiger partial charge in [-0.2, -0.15) is 20.2 Å². The van der Waals surface area contributed by atoms with Gasteiger partial charge in [0.2, 0.25) is 11.9 Å². The molecule has 0 saturated heterocycles. The van der Waals surface area contributed by atoms with Gasteiger partial charge in [-0.3, -0.25) is 9.59 Å². The number of aliphatic carboxylic acids is 1. The molecule has 6 aromatic carbocycles. The second-order valence-electron chi connectivity index (χ2n) is 19.2. The van der Waals surface area contributed by atoms with E-state index in [1.807, 2.05) is 182 Å². The number of nitrogens with zero attached hydrogens (tertiary/aromatic N) is 8. The van der Waals surface area contributed by atoms with Crippen molar-refractivity contribution >= 4 is 85.1 Å². The van der Waals surface area contributed by atoms with Crippen LogP contribution in [0.4, 0.5) is 23.3 Å². The Morgan fingerprint density at radius 3 is 1.22 bits per heavy atom. The first-order chi connectivity index (χ1) is 41.0. The molecule has 18 nitrogen and oxygen atoms in total. The van der Waals surface area contributed by atoms with Crippen LogP contribution in [0.3, 0.4) is 0 Å². The number of rotatable bonds is 23. The van der Waals surface area contributed by atoms with Gasteiger partial charge in [0.25, 0.3) is 0 Å². The zero-order valence-corrected chi connectivity index (χ0v) is 48.7. The summed E-state index contributed by atoms with van der Waals surface area (Å²) in [5.41, 5.74) is 9.55. The molecular formula is C66H62CaN10O8+2. The molecule has 7 N–H and O–H groups in total. The van der Waals surface area contributed by atoms with Crippen molar-refractivity contribution in [3.05, 3.63) is 230 Å². The predicted octanol–water partition coefficient (Wildman–Crippen LogP) is 10.8. The van der Waals surface area contributed by atoms with E-state index in [0.29, 0.717) is 34.9 Å². The fourth-order valence-corrected chi connectivity index (χ4v) is 9.14. The minimum atomic E-state index is -1.17. The van der Waals surface area contributed by atoms with Gasteiger partial charge in [-0.15, -0.1) is 0 Å². The first-order valence-corrected chi connectivity index (χ1v) is 27.2. The molecule has 4 aromatic heterocycles. The molecule has 0 fully saturated rings. The van der Waals surface area contributed by atoms with Gasteiger partial charge in [0.05, 0.1) is 55.3 Å². The molecule has 0 bridgehead atoms. The summed E-state index contributed by atoms with van der Waals surface area (Å²) in [5, 5.41) is 67.2. The second-order valence-corrected chi connectivity index (χ2v) is 19.2. The predicted molar refractivity (Wildman–Crippen MR) is 330 cm³/mol. The Hall–Kier alpha value is -8.98. The number of hydrogen-bond acceptors (Lipinski definition) is 15. The molecule has 0 aliphatic carbocycles. The third kappa shape index (κ3) is 17.3. The number of anilines is 4. The van der Waals surface area contributed by atoms with Crippen LogP contribution in [0.15, 0.2) is 219 Å². The summed E-state index contributed by atoms with van der Waals surface area (Å²) in [7, 11) is 0. The van der Waals surface area contributed by atoms with Gasteiger partial charge in [-0.05, 0) is 31.2 Å². The van der Waals surface area contributed by atoms with Crippen molar-refractivity contribution in [2.75, 3.05) is 17.2 Å². The third-order valence-corrected chi connectivity index (χ3v) is 12.9. The minimum absolute atomic E-state index is 0. The van der Waals surface area contributed by atoms with E-state index in [1.165, 1.54) is 0 Å². The zero-order chi connectivity index (χ0) is 58.6. The summed E-state index contributed by atoms with van der Waals surface area (Å²) >= 11 is 0. The quantitative estimate of drug-likeness (QED) is 0.0232. The smallest absolute Gasteiger partial charge is 0.481 e. The van der Waals surface area contributed by atoms with Crippen molar-refractivity contribution in [1.29, 1.82) is 0 Å². The molecule has 0 aliphatic heterocycles. The van der Waals surface area contributed by atoms with Crippen LogP contribution in [0.1, 0.15) is 43.7 Å². The topological polar surface area (TPSA) is 256 Å². The van der Waals surface area contributed by atoms with Crippen LogP contribution in [-0.4, -0.2) is 146 Å². The van der Waals surface area contributed by atoms with Crippen LogP contribution in [0, 0.1) is 0 Å². The van der Waals surface area contributed by atoms with Crippen molar-refractivity contribution in [2.45, 2.75) is 57.0 Å². The summed E-state index contributed by atoms with van der Waals surface area (Å²) < 4.78 is 8.44. The molecule has 0 unspecified atom stereocenters. The maximum Gasteiger partial charge on any atom is 2.00 e. The molecule has 0 amide bonds. The standard InChI is InChI=1S/C34H33N5O4.C32H29N5O4.Ca/c1-2-43-31(42)23-28(41)22-27(40)18-19-29-32(24-12-6-3-7-13-24)38-39(33(29)25-14-8-4-9-15-25)30-20-21-35-34(37-30)36-26-16-10-5-11-17-26;38-25(20-26(39)21-29(40)41)16-17-27-30(22-10-4-1-5-11-22)36-37(31(27)23-12-6-2-7-13-23)28-18-19-33-32(35-28)34-24-14-8-3-9-15-24;/h3-21,27-28,40-41H,2,22-23H2,1H3,(H,35,36,37);1-19,25-26,38-39H,20-21H2,(H,40,41)(H,33,34,35);/q;;+2/b19-18+;17-16+;/t27-,28-;25-,26-;/m11./s1. The van der Waals surface area contributed by atoms with Crippen LogP contribution < -0.4 is 10.6 Å². The van der Waals surface area contributed by atoms with Crippen molar-refractivity contribution < 1.29 is 39.9 Å². The van der Waals surface area contributed by atoms with Crippen molar-refractivity contribution in [3.63, 3.8) is 0 Å². The van der Waals surface area contributed by atoms with E-state index in [4.69, 9.17) is 30.0 Å². The molecule has 4 atom stereocenters. The van der Waals surface area contributed by atoms with E-state index < -0.39 is 42.8 Å². The number of ether oxygens (including phenoxy) is 1. The maximum absolute atomic E-state index is 11.8. The molecule has 10 aromatic rings. The third-order valence-electron chi connectivity index (χ3n) is 12.9. The Morgan fingerprint density at radius 2 is 0.859 bits per heavy atom. The number of carbonyl (C=O) groups excluding carboxylic acids is 1. The number of hydrogen-bond donors (Lipinski definition) is 7. The maximum atomic E-state index is 11.8. The van der Waals surface area contributed by atoms with Gasteiger partial charge < -0.3 is 40.9 Å². The monoisotopic (exact) mass is 1160 g/mol. The average Bonchev–Trinajstić information content (AvgIpc) is 2.51. The summed E-state index contributed by atoms with van der Waals surface area (Å²) in [6, 6.07) is 61.9. The number of aliphatic hydroxyl groups is 4. The van der Waals surface area contributed by atoms with E-state index in [1.54, 1.807) is 65.1 Å². The summed E-state index contributed by atoms with van der Waals surface area (Å²) in [4.78, 5) is 41.0. The first-order valence-electron chi connectivity index (χ1n) is 27.2. The molecule has 0 spiro atoms. The number of carbonyl (C=O) groups is 2. The van der Waals surface area contributed by atoms with Crippen LogP contribution in [0.5, 0.6) is 0 Å². The number of benzene rings is 6. The summed E-state index contributed by atoms with van der Waals surface area (Å²) in [6.07, 6.45) is 5.00. The van der Waals surface area contributed by atoms with Crippen LogP contribution >= 0.6 is 0 Å². The number of aromatic nitrogens is 8. The normalized spacial score (nSPS) is 12.5. The van der Waals surface area contributed by atoms with Crippen LogP contribution in [0.2, 0.25) is 0 Å². The summed E-state index contributed by atoms with van der Waals surface area (Å²) in [5.74, 6) is 0.280. The molecule has 19 heteroatoms. The molecule has 0 radical (unpaired) electrons. The van der Waals surface area contributed by atoms with Gasteiger partial charge >= 0.3 is 49.7 Å². The van der Waals surface area contributed by atoms with Gasteiger partial charge in [0, 0.05) is 82.1 Å². The molecule has 0 saturated carbocycles. The molecule has 10 rings (SSSR count). The van der Waals surface area contributed by atoms with Crippen molar-refractivity contribution in [1.82, 2.24) is 39.5 Å². The first kappa shape index (κ1) is 62.1. The summed E-state index contributed by atoms with van der Waals surface area (Å²) in [6.45, 7) is 1.94. The average molecular weight is 1160 g/mol. The number of aliphatic hydroxyl groups excluding tert-OH is 4. The second kappa shape index (κ2) is 31.1. The molecular weight excluding hydrogens is 1100 g/mol. The fraction of sp³-hybridized carbons (Fsp3) is 0.152. The largest absolute Gasteiger partial charge is 2.00 e. The van der Waals surface area contributed by atoms with Gasteiger partial charge in [0.1, 0.15) is 11.4 Å². The van der Waals surface area contributed by atoms with Gasteiger partial charge in [0.15, 0.2) is 11.6 Å². The Balaban J connectivity index is 0.000000219. The molecule has 4 heterocycles. The number of carboxylic acid groups (broad SMARTS) is 1. The minimum Gasteiger partial charge on any atom is -0.481 e. The number of para-hydroxylation sites is 2. The Labute approximate surface area is 521 Å². The Bertz CT molecular complexity index is 3780. The van der Waals surface area contributed by atoms with Gasteiger partial charge in [-0.25, -0.2) is 19.3 Å². The van der Waals surface area contributed by atoms with E-state index in [2.05, 4.69) is 20.6 Å². The van der Waals surface area contributed by atoms with E-state index in [0.717, 1.165) is 56.1 Å². The van der Waals surface area contributed by atoms with Crippen LogP contribution in [0.25, 0.3) is 68.8 Å². The molecule has 85 heavy (non-hydrogen) atoms. The van der Waals surface area contributed by atoms with Gasteiger partial charge in [-0.1, -0.05) is 182 Å². The molecule has 0 aliphatic rings. The van der Waals surface area contributed by atoms with Crippen LogP contribution in [-0.2, 0) is 14.3 Å². The van der Waals surface area contributed by atoms with Crippen molar-refractivity contribution in [2.24, 2.45) is 0 Å². The Kier molecular flexibility index (Phi) is 22.7. The van der Waals surface area contributed by atoms with E-state index >= 15 is 0 Å². The number of carboxylic acids is 1. The zero-order valence-electron chi connectivity index (χ0n) is 46.5. The SMILES string of the molecule is CCOC(=O)C[C@H](O)C[C@H](O)/C=C/c1c(-c2ccccc2)nn(-c2ccnc(Nc3ccccc3)n2)c1-c1ccccc1.O=C(O)C[C@H](O)C[C@H](O)/C=C/c1c(-c2ccccc2)nn(-c2ccnc(Nc3ccccc3)n2)c1-c1ccccc1.[Ca+2]. The fourth-order valence-electron chi connectivity index (χ4n) is 9.14. The van der Waals surface area contributed by atoms with E-state index in [-0.39, 0.29) is 63.6 Å². The molecule has 424 valence electrons. The number of esters is 1. The number of nitrogens with one attached hydrogen (secondary N) is 2. The van der Waals surface area contributed by atoms with E-state index in [9.17, 15) is 30.0 Å². The Morgan fingerprint density at radius 1 is 0.506 bits per heavy atom. The van der Waals surface area contributed by atoms with Crippen molar-refractivity contribution in [3.8, 4) is 56.7 Å².